The predicted molar refractivity (Wildman–Crippen MR) is 65.5 cm³/mol. The summed E-state index contributed by atoms with van der Waals surface area (Å²) < 4.78 is 0.992. The summed E-state index contributed by atoms with van der Waals surface area (Å²) in [6.07, 6.45) is 1.17. The van der Waals surface area contributed by atoms with Gasteiger partial charge in [-0.25, -0.2) is 0 Å². The molecule has 0 atom stereocenters. The highest BCUT2D eigenvalue weighted by molar-refractivity contribution is 9.10. The molecule has 16 heavy (non-hydrogen) atoms. The predicted octanol–water partition coefficient (Wildman–Crippen LogP) is 2.32. The van der Waals surface area contributed by atoms with Crippen molar-refractivity contribution < 1.29 is 9.59 Å². The second-order valence-corrected chi connectivity index (χ2v) is 4.67. The number of anilines is 1. The number of nitrogens with zero attached hydrogens (tertiary/aromatic N) is 1. The molecule has 1 fully saturated rings. The second-order valence-electron chi connectivity index (χ2n) is 3.76. The summed E-state index contributed by atoms with van der Waals surface area (Å²) in [5.41, 5.74) is 1.94. The first kappa shape index (κ1) is 11.3. The third-order valence-corrected chi connectivity index (χ3v) is 3.25. The monoisotopic (exact) mass is 281 g/mol. The van der Waals surface area contributed by atoms with E-state index in [1.807, 2.05) is 25.1 Å². The number of hydrogen-bond acceptors (Lipinski definition) is 2. The molecule has 3 nitrogen and oxygen atoms in total. The largest absolute Gasteiger partial charge is 0.305 e. The molecule has 1 amide bonds. The number of rotatable bonds is 2. The van der Waals surface area contributed by atoms with Gasteiger partial charge >= 0.3 is 0 Å². The Labute approximate surface area is 103 Å². The number of halogens is 1. The van der Waals surface area contributed by atoms with Gasteiger partial charge in [0.2, 0.25) is 5.78 Å². The summed E-state index contributed by atoms with van der Waals surface area (Å²) in [5.74, 6) is -0.665. The van der Waals surface area contributed by atoms with E-state index < -0.39 is 0 Å². The lowest BCUT2D eigenvalue weighted by Gasteiger charge is -2.18. The van der Waals surface area contributed by atoms with E-state index in [9.17, 15) is 9.59 Å². The fourth-order valence-corrected chi connectivity index (χ4v) is 2.31. The number of benzene rings is 1. The maximum atomic E-state index is 11.6. The van der Waals surface area contributed by atoms with Crippen LogP contribution in [0.15, 0.2) is 22.7 Å². The Bertz CT molecular complexity index is 456. The van der Waals surface area contributed by atoms with Gasteiger partial charge in [-0.3, -0.25) is 9.59 Å². The van der Waals surface area contributed by atoms with Crippen molar-refractivity contribution >= 4 is 33.3 Å². The zero-order valence-electron chi connectivity index (χ0n) is 9.00. The van der Waals surface area contributed by atoms with Crippen LogP contribution in [-0.4, -0.2) is 18.2 Å². The Morgan fingerprint density at radius 2 is 2.12 bits per heavy atom. The van der Waals surface area contributed by atoms with E-state index in [0.29, 0.717) is 13.0 Å². The highest BCUT2D eigenvalue weighted by atomic mass is 79.9. The van der Waals surface area contributed by atoms with Gasteiger partial charge in [-0.1, -0.05) is 22.9 Å². The average molecular weight is 282 g/mol. The molecule has 0 spiro atoms. The van der Waals surface area contributed by atoms with Crippen LogP contribution in [-0.2, 0) is 16.0 Å². The summed E-state index contributed by atoms with van der Waals surface area (Å²) in [6.45, 7) is 2.54. The minimum Gasteiger partial charge on any atom is -0.305 e. The average Bonchev–Trinajstić information content (AvgIpc) is 2.60. The van der Waals surface area contributed by atoms with Gasteiger partial charge in [0.1, 0.15) is 0 Å². The van der Waals surface area contributed by atoms with Gasteiger partial charge in [0.25, 0.3) is 5.91 Å². The smallest absolute Gasteiger partial charge is 0.294 e. The van der Waals surface area contributed by atoms with Gasteiger partial charge in [0.05, 0.1) is 0 Å². The number of carbonyl (C=O) groups excluding carboxylic acids is 2. The summed E-state index contributed by atoms with van der Waals surface area (Å²) in [5, 5.41) is 0. The molecule has 0 aliphatic carbocycles. The van der Waals surface area contributed by atoms with E-state index in [1.165, 1.54) is 0 Å². The molecule has 0 bridgehead atoms. The number of hydrogen-bond donors (Lipinski definition) is 0. The van der Waals surface area contributed by atoms with Gasteiger partial charge < -0.3 is 4.90 Å². The van der Waals surface area contributed by atoms with Crippen molar-refractivity contribution in [1.29, 1.82) is 0 Å². The van der Waals surface area contributed by atoms with Crippen molar-refractivity contribution in [3.05, 3.63) is 28.2 Å². The normalized spacial score (nSPS) is 16.0. The highest BCUT2D eigenvalue weighted by Crippen LogP contribution is 2.27. The molecule has 0 N–H and O–H groups in total. The van der Waals surface area contributed by atoms with E-state index in [1.54, 1.807) is 4.90 Å². The Morgan fingerprint density at radius 3 is 2.69 bits per heavy atom. The second kappa shape index (κ2) is 4.37. The van der Waals surface area contributed by atoms with Crippen LogP contribution in [0.4, 0.5) is 5.69 Å². The van der Waals surface area contributed by atoms with E-state index >= 15 is 0 Å². The van der Waals surface area contributed by atoms with Gasteiger partial charge in [-0.15, -0.1) is 0 Å². The zero-order chi connectivity index (χ0) is 11.7. The van der Waals surface area contributed by atoms with Gasteiger partial charge in [-0.2, -0.15) is 0 Å². The summed E-state index contributed by atoms with van der Waals surface area (Å²) in [4.78, 5) is 24.4. The standard InChI is InChI=1S/C12H12BrNO2/c1-2-8-7-9(13)3-4-10(8)14-6-5-11(15)12(14)16/h3-4,7H,2,5-6H2,1H3. The molecule has 1 aromatic carbocycles. The molecule has 0 aromatic heterocycles. The summed E-state index contributed by atoms with van der Waals surface area (Å²) >= 11 is 3.40. The van der Waals surface area contributed by atoms with Crippen molar-refractivity contribution in [2.75, 3.05) is 11.4 Å². The summed E-state index contributed by atoms with van der Waals surface area (Å²) in [6, 6.07) is 5.77. The molecule has 4 heteroatoms. The van der Waals surface area contributed by atoms with E-state index in [4.69, 9.17) is 0 Å². The van der Waals surface area contributed by atoms with Crippen molar-refractivity contribution in [2.24, 2.45) is 0 Å². The molecule has 0 saturated carbocycles. The molecule has 2 rings (SSSR count). The van der Waals surface area contributed by atoms with Crippen LogP contribution in [0.25, 0.3) is 0 Å². The van der Waals surface area contributed by atoms with Crippen LogP contribution < -0.4 is 4.90 Å². The molecular formula is C12H12BrNO2. The maximum Gasteiger partial charge on any atom is 0.294 e. The van der Waals surface area contributed by atoms with Crippen LogP contribution >= 0.6 is 15.9 Å². The number of ketones is 1. The number of aryl methyl sites for hydroxylation is 1. The van der Waals surface area contributed by atoms with Crippen molar-refractivity contribution in [1.82, 2.24) is 0 Å². The molecule has 1 heterocycles. The number of Topliss-reactive ketones (excluding diaryl/α,β-unsaturated/α-hetero) is 1. The van der Waals surface area contributed by atoms with E-state index in [-0.39, 0.29) is 11.7 Å². The maximum absolute atomic E-state index is 11.6. The minimum absolute atomic E-state index is 0.287. The van der Waals surface area contributed by atoms with Crippen molar-refractivity contribution in [2.45, 2.75) is 19.8 Å². The SMILES string of the molecule is CCc1cc(Br)ccc1N1CCC(=O)C1=O. The van der Waals surface area contributed by atoms with Crippen LogP contribution in [0, 0.1) is 0 Å². The fourth-order valence-electron chi connectivity index (χ4n) is 1.90. The van der Waals surface area contributed by atoms with Crippen LogP contribution in [0.1, 0.15) is 18.9 Å². The third kappa shape index (κ3) is 1.89. The minimum atomic E-state index is -0.378. The number of carbonyl (C=O) groups is 2. The van der Waals surface area contributed by atoms with Crippen LogP contribution in [0.2, 0.25) is 0 Å². The molecular weight excluding hydrogens is 270 g/mol. The first-order valence-corrected chi connectivity index (χ1v) is 6.06. The lowest BCUT2D eigenvalue weighted by atomic mass is 10.1. The molecule has 1 aliphatic rings. The topological polar surface area (TPSA) is 37.4 Å². The zero-order valence-corrected chi connectivity index (χ0v) is 10.6. The lowest BCUT2D eigenvalue weighted by molar-refractivity contribution is -0.133. The van der Waals surface area contributed by atoms with Gasteiger partial charge in [-0.05, 0) is 30.2 Å². The molecule has 0 unspecified atom stereocenters. The lowest BCUT2D eigenvalue weighted by Crippen LogP contribution is -2.27. The van der Waals surface area contributed by atoms with E-state index in [0.717, 1.165) is 22.1 Å². The van der Waals surface area contributed by atoms with E-state index in [2.05, 4.69) is 15.9 Å². The van der Waals surface area contributed by atoms with Crippen LogP contribution in [0.3, 0.4) is 0 Å². The van der Waals surface area contributed by atoms with Gasteiger partial charge in [0.15, 0.2) is 0 Å². The summed E-state index contributed by atoms with van der Waals surface area (Å²) in [7, 11) is 0. The van der Waals surface area contributed by atoms with Crippen LogP contribution in [0.5, 0.6) is 0 Å². The quantitative estimate of drug-likeness (QED) is 0.781. The molecule has 0 radical (unpaired) electrons. The Kier molecular flexibility index (Phi) is 3.10. The Balaban J connectivity index is 2.40. The highest BCUT2D eigenvalue weighted by Gasteiger charge is 2.31. The molecule has 1 aromatic rings. The fraction of sp³-hybridized carbons (Fsp3) is 0.333. The van der Waals surface area contributed by atoms with Gasteiger partial charge in [0, 0.05) is 23.1 Å². The third-order valence-electron chi connectivity index (χ3n) is 2.76. The molecule has 84 valence electrons. The Morgan fingerprint density at radius 1 is 1.38 bits per heavy atom. The van der Waals surface area contributed by atoms with Crippen molar-refractivity contribution in [3.63, 3.8) is 0 Å². The Hall–Kier alpha value is -1.16. The number of amides is 1. The molecule has 1 aliphatic heterocycles. The first-order valence-electron chi connectivity index (χ1n) is 5.26. The van der Waals surface area contributed by atoms with Crippen molar-refractivity contribution in [3.8, 4) is 0 Å². The molecule has 1 saturated heterocycles. The first-order chi connectivity index (χ1) is 7.63.